The highest BCUT2D eigenvalue weighted by Crippen LogP contribution is 2.15. The summed E-state index contributed by atoms with van der Waals surface area (Å²) < 4.78 is 37.0. The molecule has 6 nitrogen and oxygen atoms in total. The lowest BCUT2D eigenvalue weighted by Gasteiger charge is -2.33. The zero-order valence-electron chi connectivity index (χ0n) is 16.0. The van der Waals surface area contributed by atoms with Crippen molar-refractivity contribution >= 4 is 5.96 Å². The first-order valence-corrected chi connectivity index (χ1v) is 9.20. The normalized spacial score (nSPS) is 17.3. The van der Waals surface area contributed by atoms with Crippen LogP contribution in [0.4, 0.5) is 13.2 Å². The number of pyridine rings is 1. The molecule has 2 N–H and O–H groups in total. The molecule has 1 aliphatic heterocycles. The van der Waals surface area contributed by atoms with E-state index in [1.54, 1.807) is 7.05 Å². The average Bonchev–Trinajstić information content (AvgIpc) is 2.62. The van der Waals surface area contributed by atoms with Crippen LogP contribution in [0.5, 0.6) is 0 Å². The molecule has 1 aromatic rings. The number of hydrogen-bond acceptors (Lipinski definition) is 4. The summed E-state index contributed by atoms with van der Waals surface area (Å²) in [4.78, 5) is 12.2. The number of alkyl halides is 3. The number of guanidine groups is 1. The van der Waals surface area contributed by atoms with Crippen molar-refractivity contribution < 1.29 is 13.2 Å². The lowest BCUT2D eigenvalue weighted by molar-refractivity contribution is -0.142. The second-order valence-electron chi connectivity index (χ2n) is 6.87. The maximum absolute atomic E-state index is 12.3. The number of piperidine rings is 1. The average molecular weight is 386 g/mol. The van der Waals surface area contributed by atoms with Gasteiger partial charge >= 0.3 is 6.18 Å². The summed E-state index contributed by atoms with van der Waals surface area (Å²) in [5.74, 6) is 0.638. The van der Waals surface area contributed by atoms with Gasteiger partial charge in [-0.2, -0.15) is 13.2 Å². The van der Waals surface area contributed by atoms with Crippen LogP contribution in [0.2, 0.25) is 0 Å². The van der Waals surface area contributed by atoms with E-state index < -0.39 is 12.7 Å². The van der Waals surface area contributed by atoms with E-state index in [1.165, 1.54) is 11.9 Å². The molecule has 1 aliphatic rings. The highest BCUT2D eigenvalue weighted by atomic mass is 19.4. The Hall–Kier alpha value is -1.87. The van der Waals surface area contributed by atoms with Crippen molar-refractivity contribution in [1.82, 2.24) is 25.4 Å². The smallest absolute Gasteiger partial charge is 0.355 e. The Kier molecular flexibility index (Phi) is 8.30. The fraction of sp³-hybridized carbons (Fsp3) is 0.667. The molecule has 2 rings (SSSR count). The van der Waals surface area contributed by atoms with Crippen molar-refractivity contribution in [2.45, 2.75) is 31.6 Å². The molecule has 0 aromatic carbocycles. The van der Waals surface area contributed by atoms with Crippen LogP contribution in [-0.2, 0) is 6.54 Å². The molecule has 0 radical (unpaired) electrons. The van der Waals surface area contributed by atoms with E-state index >= 15 is 0 Å². The Bertz CT molecular complexity index is 570. The van der Waals surface area contributed by atoms with E-state index in [0.29, 0.717) is 25.1 Å². The number of aliphatic imine (C=N–C) groups is 1. The molecular weight excluding hydrogens is 357 g/mol. The molecule has 0 amide bonds. The van der Waals surface area contributed by atoms with Gasteiger partial charge < -0.3 is 10.6 Å². The quantitative estimate of drug-likeness (QED) is 0.552. The van der Waals surface area contributed by atoms with Gasteiger partial charge in [0.1, 0.15) is 0 Å². The Morgan fingerprint density at radius 1 is 1.33 bits per heavy atom. The highest BCUT2D eigenvalue weighted by molar-refractivity contribution is 5.79. The maximum Gasteiger partial charge on any atom is 0.401 e. The second-order valence-corrected chi connectivity index (χ2v) is 6.87. The molecule has 2 heterocycles. The predicted octanol–water partition coefficient (Wildman–Crippen LogP) is 1.71. The SMILES string of the molecule is CN=C(NCCN(C)CC(F)(F)F)NC1CCN(Cc2ccccn2)CC1. The van der Waals surface area contributed by atoms with Crippen molar-refractivity contribution in [3.63, 3.8) is 0 Å². The molecule has 0 saturated carbocycles. The number of likely N-dealkylation sites (tertiary alicyclic amines) is 1. The highest BCUT2D eigenvalue weighted by Gasteiger charge is 2.28. The van der Waals surface area contributed by atoms with E-state index in [0.717, 1.165) is 38.2 Å². The number of aromatic nitrogens is 1. The Morgan fingerprint density at radius 2 is 2.07 bits per heavy atom. The number of hydrogen-bond donors (Lipinski definition) is 2. The van der Waals surface area contributed by atoms with Crippen LogP contribution in [0.15, 0.2) is 29.4 Å². The van der Waals surface area contributed by atoms with Crippen LogP contribution < -0.4 is 10.6 Å². The Morgan fingerprint density at radius 3 is 2.67 bits per heavy atom. The summed E-state index contributed by atoms with van der Waals surface area (Å²) in [5, 5.41) is 6.46. The predicted molar refractivity (Wildman–Crippen MR) is 101 cm³/mol. The minimum absolute atomic E-state index is 0.294. The number of nitrogens with zero attached hydrogens (tertiary/aromatic N) is 4. The first kappa shape index (κ1) is 21.4. The molecule has 0 unspecified atom stereocenters. The number of nitrogens with one attached hydrogen (secondary N) is 2. The fourth-order valence-electron chi connectivity index (χ4n) is 3.09. The Labute approximate surface area is 158 Å². The molecule has 1 aromatic heterocycles. The summed E-state index contributed by atoms with van der Waals surface area (Å²) >= 11 is 0. The standard InChI is InChI=1S/C18H29F3N6/c1-22-17(24-9-12-26(2)14-18(19,20)21)25-15-6-10-27(11-7-15)13-16-5-3-4-8-23-16/h3-5,8,15H,6-7,9-14H2,1-2H3,(H2,22,24,25). The summed E-state index contributed by atoms with van der Waals surface area (Å²) in [6.45, 7) is 2.59. The third-order valence-electron chi connectivity index (χ3n) is 4.50. The fourth-order valence-corrected chi connectivity index (χ4v) is 3.09. The molecule has 9 heteroatoms. The van der Waals surface area contributed by atoms with E-state index in [4.69, 9.17) is 0 Å². The van der Waals surface area contributed by atoms with Crippen LogP contribution >= 0.6 is 0 Å². The zero-order chi connectivity index (χ0) is 19.7. The molecule has 27 heavy (non-hydrogen) atoms. The monoisotopic (exact) mass is 386 g/mol. The van der Waals surface area contributed by atoms with E-state index in [-0.39, 0.29) is 0 Å². The van der Waals surface area contributed by atoms with Crippen molar-refractivity contribution in [1.29, 1.82) is 0 Å². The van der Waals surface area contributed by atoms with Gasteiger partial charge in [0.15, 0.2) is 5.96 Å². The van der Waals surface area contributed by atoms with Crippen molar-refractivity contribution in [2.24, 2.45) is 4.99 Å². The van der Waals surface area contributed by atoms with Crippen molar-refractivity contribution in [2.75, 3.05) is 46.8 Å². The summed E-state index contributed by atoms with van der Waals surface area (Å²) in [5.41, 5.74) is 1.07. The van der Waals surface area contributed by atoms with Gasteiger partial charge in [-0.15, -0.1) is 0 Å². The molecule has 1 saturated heterocycles. The topological polar surface area (TPSA) is 55.8 Å². The Balaban J connectivity index is 1.65. The zero-order valence-corrected chi connectivity index (χ0v) is 16.0. The largest absolute Gasteiger partial charge is 0.401 e. The first-order chi connectivity index (χ1) is 12.9. The van der Waals surface area contributed by atoms with Crippen LogP contribution in [0.25, 0.3) is 0 Å². The number of rotatable bonds is 7. The minimum Gasteiger partial charge on any atom is -0.355 e. The summed E-state index contributed by atoms with van der Waals surface area (Å²) in [6, 6.07) is 6.26. The molecule has 0 atom stereocenters. The van der Waals surface area contributed by atoms with E-state index in [9.17, 15) is 13.2 Å². The molecule has 0 bridgehead atoms. The lowest BCUT2D eigenvalue weighted by Crippen LogP contribution is -2.49. The van der Waals surface area contributed by atoms with Gasteiger partial charge in [0.05, 0.1) is 12.2 Å². The van der Waals surface area contributed by atoms with Crippen LogP contribution in [0.3, 0.4) is 0 Å². The van der Waals surface area contributed by atoms with Gasteiger partial charge in [0, 0.05) is 52.0 Å². The van der Waals surface area contributed by atoms with E-state index in [2.05, 4.69) is 25.5 Å². The van der Waals surface area contributed by atoms with Crippen LogP contribution in [-0.4, -0.2) is 79.8 Å². The van der Waals surface area contributed by atoms with Gasteiger partial charge in [-0.3, -0.25) is 19.8 Å². The van der Waals surface area contributed by atoms with E-state index in [1.807, 2.05) is 24.4 Å². The summed E-state index contributed by atoms with van der Waals surface area (Å²) in [6.07, 6.45) is -0.383. The second kappa shape index (κ2) is 10.5. The van der Waals surface area contributed by atoms with Gasteiger partial charge in [-0.1, -0.05) is 6.07 Å². The third kappa shape index (κ3) is 8.57. The van der Waals surface area contributed by atoms with Gasteiger partial charge in [0.25, 0.3) is 0 Å². The molecule has 1 fully saturated rings. The molecule has 152 valence electrons. The minimum atomic E-state index is -4.17. The van der Waals surface area contributed by atoms with Gasteiger partial charge in [-0.05, 0) is 32.0 Å². The lowest BCUT2D eigenvalue weighted by atomic mass is 10.0. The molecule has 0 aliphatic carbocycles. The van der Waals surface area contributed by atoms with Crippen molar-refractivity contribution in [3.8, 4) is 0 Å². The maximum atomic E-state index is 12.3. The summed E-state index contributed by atoms with van der Waals surface area (Å²) in [7, 11) is 3.13. The van der Waals surface area contributed by atoms with Gasteiger partial charge in [0.2, 0.25) is 0 Å². The third-order valence-corrected chi connectivity index (χ3v) is 4.50. The number of likely N-dealkylation sites (N-methyl/N-ethyl adjacent to an activating group) is 1. The van der Waals surface area contributed by atoms with Gasteiger partial charge in [-0.25, -0.2) is 0 Å². The van der Waals surface area contributed by atoms with Crippen LogP contribution in [0.1, 0.15) is 18.5 Å². The van der Waals surface area contributed by atoms with Crippen molar-refractivity contribution in [3.05, 3.63) is 30.1 Å². The van der Waals surface area contributed by atoms with Crippen LogP contribution in [0, 0.1) is 0 Å². The molecular formula is C18H29F3N6. The number of halogens is 3. The molecule has 0 spiro atoms. The first-order valence-electron chi connectivity index (χ1n) is 9.20.